The van der Waals surface area contributed by atoms with Crippen LogP contribution in [-0.4, -0.2) is 40.4 Å². The van der Waals surface area contributed by atoms with Crippen molar-refractivity contribution >= 4 is 5.91 Å². The molecule has 1 N–H and O–H groups in total. The van der Waals surface area contributed by atoms with Crippen LogP contribution in [-0.2, 0) is 11.3 Å². The molecule has 0 aromatic carbocycles. The molecule has 0 spiro atoms. The molecule has 5 nitrogen and oxygen atoms in total. The first kappa shape index (κ1) is 17.1. The molecule has 5 heteroatoms. The minimum Gasteiger partial charge on any atom is -0.355 e. The molecule has 0 saturated carbocycles. The number of hydrogen-bond acceptors (Lipinski definition) is 4. The van der Waals surface area contributed by atoms with Crippen molar-refractivity contribution in [1.82, 2.24) is 20.2 Å². The highest BCUT2D eigenvalue weighted by atomic mass is 16.1. The molecular formula is C19H28N4O. The monoisotopic (exact) mass is 328 g/mol. The van der Waals surface area contributed by atoms with E-state index < -0.39 is 0 Å². The molecule has 0 unspecified atom stereocenters. The Balaban J connectivity index is 1.37. The summed E-state index contributed by atoms with van der Waals surface area (Å²) >= 11 is 0. The molecule has 2 aliphatic rings. The maximum atomic E-state index is 12.1. The lowest BCUT2D eigenvalue weighted by Crippen LogP contribution is -2.31. The third-order valence-corrected chi connectivity index (χ3v) is 4.97. The molecule has 1 aliphatic carbocycles. The third-order valence-electron chi connectivity index (χ3n) is 4.97. The second-order valence-corrected chi connectivity index (χ2v) is 7.12. The lowest BCUT2D eigenvalue weighted by Gasteiger charge is -2.17. The highest BCUT2D eigenvalue weighted by Gasteiger charge is 2.23. The molecule has 24 heavy (non-hydrogen) atoms. The Morgan fingerprint density at radius 3 is 2.92 bits per heavy atom. The predicted molar refractivity (Wildman–Crippen MR) is 94.3 cm³/mol. The van der Waals surface area contributed by atoms with Crippen LogP contribution in [0.15, 0.2) is 24.0 Å². The summed E-state index contributed by atoms with van der Waals surface area (Å²) in [5.41, 5.74) is 2.49. The summed E-state index contributed by atoms with van der Waals surface area (Å²) in [6.07, 6.45) is 12.6. The number of allylic oxidation sites excluding steroid dienone is 1. The van der Waals surface area contributed by atoms with Crippen LogP contribution in [0.4, 0.5) is 0 Å². The molecule has 130 valence electrons. The van der Waals surface area contributed by atoms with Crippen molar-refractivity contribution in [2.75, 3.05) is 19.6 Å². The molecule has 1 fully saturated rings. The SMILES string of the molecule is Cc1ncc(CN2CC[C@H](CNC(=O)CC3=CCCCC3)C2)cn1. The number of hydrogen-bond donors (Lipinski definition) is 1. The van der Waals surface area contributed by atoms with Crippen LogP contribution >= 0.6 is 0 Å². The number of aryl methyl sites for hydroxylation is 1. The van der Waals surface area contributed by atoms with E-state index in [1.807, 2.05) is 19.3 Å². The highest BCUT2D eigenvalue weighted by Crippen LogP contribution is 2.20. The first-order valence-corrected chi connectivity index (χ1v) is 9.13. The van der Waals surface area contributed by atoms with Gasteiger partial charge in [-0.15, -0.1) is 0 Å². The fourth-order valence-electron chi connectivity index (χ4n) is 3.57. The quantitative estimate of drug-likeness (QED) is 0.816. The van der Waals surface area contributed by atoms with Gasteiger partial charge in [0.25, 0.3) is 0 Å². The zero-order valence-electron chi connectivity index (χ0n) is 14.6. The molecule has 2 heterocycles. The molecule has 0 bridgehead atoms. The van der Waals surface area contributed by atoms with E-state index in [4.69, 9.17) is 0 Å². The molecule has 1 amide bonds. The van der Waals surface area contributed by atoms with E-state index in [0.29, 0.717) is 12.3 Å². The summed E-state index contributed by atoms with van der Waals surface area (Å²) in [6.45, 7) is 5.72. The van der Waals surface area contributed by atoms with Crippen LogP contribution in [0.1, 0.15) is 49.9 Å². The summed E-state index contributed by atoms with van der Waals surface area (Å²) < 4.78 is 0. The van der Waals surface area contributed by atoms with Crippen molar-refractivity contribution in [2.24, 2.45) is 5.92 Å². The van der Waals surface area contributed by atoms with Crippen molar-refractivity contribution < 1.29 is 4.79 Å². The summed E-state index contributed by atoms with van der Waals surface area (Å²) in [5, 5.41) is 3.13. The van der Waals surface area contributed by atoms with Crippen LogP contribution < -0.4 is 5.32 Å². The number of nitrogens with one attached hydrogen (secondary N) is 1. The number of nitrogens with zero attached hydrogens (tertiary/aromatic N) is 3. The fourth-order valence-corrected chi connectivity index (χ4v) is 3.57. The average molecular weight is 328 g/mol. The van der Waals surface area contributed by atoms with Gasteiger partial charge in [0, 0.05) is 44.0 Å². The molecule has 1 saturated heterocycles. The topological polar surface area (TPSA) is 58.1 Å². The number of carbonyl (C=O) groups excluding carboxylic acids is 1. The Bertz CT molecular complexity index is 582. The van der Waals surface area contributed by atoms with Crippen LogP contribution in [0.3, 0.4) is 0 Å². The molecule has 1 atom stereocenters. The first-order valence-electron chi connectivity index (χ1n) is 9.13. The standard InChI is InChI=1S/C19H28N4O/c1-15-20-11-18(12-21-15)14-23-8-7-17(13-23)10-22-19(24)9-16-5-3-2-4-6-16/h5,11-12,17H,2-4,6-10,13-14H2,1H3,(H,22,24)/t17-/m1/s1. The van der Waals surface area contributed by atoms with Gasteiger partial charge in [0.05, 0.1) is 0 Å². The number of likely N-dealkylation sites (tertiary alicyclic amines) is 1. The lowest BCUT2D eigenvalue weighted by molar-refractivity contribution is -0.120. The maximum Gasteiger partial charge on any atom is 0.224 e. The van der Waals surface area contributed by atoms with Gasteiger partial charge in [-0.2, -0.15) is 0 Å². The highest BCUT2D eigenvalue weighted by molar-refractivity contribution is 5.78. The summed E-state index contributed by atoms with van der Waals surface area (Å²) in [6, 6.07) is 0. The Kier molecular flexibility index (Phi) is 5.96. The fraction of sp³-hybridized carbons (Fsp3) is 0.632. The number of carbonyl (C=O) groups is 1. The normalized spacial score (nSPS) is 21.5. The van der Waals surface area contributed by atoms with Gasteiger partial charge in [-0.3, -0.25) is 9.69 Å². The second kappa shape index (κ2) is 8.38. The van der Waals surface area contributed by atoms with Gasteiger partial charge < -0.3 is 5.32 Å². The lowest BCUT2D eigenvalue weighted by atomic mass is 9.97. The van der Waals surface area contributed by atoms with Crippen LogP contribution in [0, 0.1) is 12.8 Å². The van der Waals surface area contributed by atoms with Crippen molar-refractivity contribution in [3.05, 3.63) is 35.4 Å². The molecule has 1 aromatic rings. The second-order valence-electron chi connectivity index (χ2n) is 7.12. The minimum absolute atomic E-state index is 0.188. The van der Waals surface area contributed by atoms with Gasteiger partial charge >= 0.3 is 0 Å². The van der Waals surface area contributed by atoms with Gasteiger partial charge in [0.15, 0.2) is 0 Å². The summed E-state index contributed by atoms with van der Waals surface area (Å²) in [4.78, 5) is 23.0. The molecule has 1 aromatic heterocycles. The van der Waals surface area contributed by atoms with E-state index in [1.54, 1.807) is 0 Å². The van der Waals surface area contributed by atoms with Crippen LogP contribution in [0.25, 0.3) is 0 Å². The Labute approximate surface area is 144 Å². The molecule has 1 aliphatic heterocycles. The number of aromatic nitrogens is 2. The van der Waals surface area contributed by atoms with Crippen molar-refractivity contribution in [3.8, 4) is 0 Å². The minimum atomic E-state index is 0.188. The van der Waals surface area contributed by atoms with Gasteiger partial charge in [0.1, 0.15) is 5.82 Å². The molecular weight excluding hydrogens is 300 g/mol. The van der Waals surface area contributed by atoms with Crippen LogP contribution in [0.5, 0.6) is 0 Å². The zero-order valence-corrected chi connectivity index (χ0v) is 14.6. The van der Waals surface area contributed by atoms with Crippen molar-refractivity contribution in [1.29, 1.82) is 0 Å². The van der Waals surface area contributed by atoms with E-state index in [-0.39, 0.29) is 5.91 Å². The smallest absolute Gasteiger partial charge is 0.224 e. The van der Waals surface area contributed by atoms with Gasteiger partial charge in [-0.1, -0.05) is 11.6 Å². The van der Waals surface area contributed by atoms with Gasteiger partial charge in [-0.05, 0) is 51.5 Å². The summed E-state index contributed by atoms with van der Waals surface area (Å²) in [5.74, 6) is 1.56. The third kappa shape index (κ3) is 5.13. The van der Waals surface area contributed by atoms with E-state index in [1.165, 1.54) is 18.4 Å². The predicted octanol–water partition coefficient (Wildman–Crippen LogP) is 2.61. The van der Waals surface area contributed by atoms with E-state index in [9.17, 15) is 4.79 Å². The van der Waals surface area contributed by atoms with Crippen molar-refractivity contribution in [3.63, 3.8) is 0 Å². The van der Waals surface area contributed by atoms with E-state index in [2.05, 4.69) is 26.3 Å². The van der Waals surface area contributed by atoms with E-state index >= 15 is 0 Å². The maximum absolute atomic E-state index is 12.1. The van der Waals surface area contributed by atoms with Crippen molar-refractivity contribution in [2.45, 2.75) is 52.0 Å². The number of amides is 1. The van der Waals surface area contributed by atoms with E-state index in [0.717, 1.165) is 56.8 Å². The zero-order chi connectivity index (χ0) is 16.8. The average Bonchev–Trinajstić information content (AvgIpc) is 3.04. The first-order chi connectivity index (χ1) is 11.7. The Morgan fingerprint density at radius 2 is 2.17 bits per heavy atom. The summed E-state index contributed by atoms with van der Waals surface area (Å²) in [7, 11) is 0. The van der Waals surface area contributed by atoms with Crippen LogP contribution in [0.2, 0.25) is 0 Å². The number of rotatable bonds is 6. The Morgan fingerprint density at radius 1 is 1.33 bits per heavy atom. The van der Waals surface area contributed by atoms with Gasteiger partial charge in [0.2, 0.25) is 5.91 Å². The molecule has 0 radical (unpaired) electrons. The molecule has 3 rings (SSSR count). The Hall–Kier alpha value is -1.75. The largest absolute Gasteiger partial charge is 0.355 e. The van der Waals surface area contributed by atoms with Gasteiger partial charge in [-0.25, -0.2) is 9.97 Å².